The van der Waals surface area contributed by atoms with Crippen molar-refractivity contribution in [1.82, 2.24) is 5.32 Å². The Bertz CT molecular complexity index is 1770. The standard InChI is InChI=1S/C65H115NO18/c1-3-5-7-9-11-13-15-17-19-20-21-22-23-24-25-26-27-28-29-31-33-35-37-39-41-43-53(71)66-48(49(70)42-40-38-36-34-32-30-18-16-14-12-10-8-6-4-2)47-79-63-59(77)56(74)61(51(45-68)81-63)84-65-60(78)57(75)62(52(46-69)82-65)83-64-58(76)55(73)54(72)50(44-67)80-64/h15,17,20-21,23-24,32,34,40,42,48-52,54-65,67-70,72-78H,3-14,16,18-19,22,25-31,33,35-39,41,43-47H2,1-2H3,(H,66,71)/b17-15-,21-20-,24-23-,34-32+,42-40+. The molecule has 0 radical (unpaired) electrons. The zero-order valence-corrected chi connectivity index (χ0v) is 51.1. The molecule has 0 aromatic carbocycles. The van der Waals surface area contributed by atoms with Gasteiger partial charge >= 0.3 is 0 Å². The van der Waals surface area contributed by atoms with Crippen molar-refractivity contribution in [2.75, 3.05) is 26.4 Å². The van der Waals surface area contributed by atoms with Gasteiger partial charge in [-0.15, -0.1) is 0 Å². The van der Waals surface area contributed by atoms with E-state index in [2.05, 4.69) is 67.8 Å². The highest BCUT2D eigenvalue weighted by molar-refractivity contribution is 5.76. The molecule has 0 saturated carbocycles. The molecule has 0 aliphatic carbocycles. The second kappa shape index (κ2) is 47.5. The minimum Gasteiger partial charge on any atom is -0.394 e. The molecule has 488 valence electrons. The topological polar surface area (TPSA) is 307 Å². The Kier molecular flexibility index (Phi) is 42.8. The molecular formula is C65H115NO18. The van der Waals surface area contributed by atoms with E-state index >= 15 is 0 Å². The van der Waals surface area contributed by atoms with Gasteiger partial charge < -0.3 is 89.9 Å². The average Bonchev–Trinajstić information content (AvgIpc) is 3.68. The molecule has 0 bridgehead atoms. The fourth-order valence-corrected chi connectivity index (χ4v) is 10.7. The van der Waals surface area contributed by atoms with Crippen molar-refractivity contribution >= 4 is 5.91 Å². The number of nitrogens with one attached hydrogen (secondary N) is 1. The Labute approximate surface area is 503 Å². The van der Waals surface area contributed by atoms with Crippen LogP contribution in [-0.2, 0) is 33.2 Å². The van der Waals surface area contributed by atoms with Gasteiger partial charge in [0.25, 0.3) is 0 Å². The summed E-state index contributed by atoms with van der Waals surface area (Å²) >= 11 is 0. The van der Waals surface area contributed by atoms with Gasteiger partial charge in [0, 0.05) is 6.42 Å². The molecule has 0 aromatic heterocycles. The molecule has 1 amide bonds. The van der Waals surface area contributed by atoms with E-state index in [1.807, 2.05) is 6.08 Å². The Hall–Kier alpha value is -2.51. The largest absolute Gasteiger partial charge is 0.394 e. The van der Waals surface area contributed by atoms with Crippen LogP contribution in [-0.4, -0.2) is 193 Å². The third kappa shape index (κ3) is 30.1. The van der Waals surface area contributed by atoms with Crippen molar-refractivity contribution in [3.8, 4) is 0 Å². The Morgan fingerprint density at radius 3 is 1.27 bits per heavy atom. The number of hydrogen-bond acceptors (Lipinski definition) is 18. The highest BCUT2D eigenvalue weighted by atomic mass is 16.8. The Morgan fingerprint density at radius 2 is 0.798 bits per heavy atom. The zero-order valence-electron chi connectivity index (χ0n) is 51.1. The molecule has 19 heteroatoms. The SMILES string of the molecule is CCCCCCC/C=C\C/C=C\C/C=C\CCCCCCCCCCCCC(=O)NC(COC1OC(CO)C(OC2OC(CO)C(OC3OC(CO)C(O)C(O)C3O)C(O)C2O)C(O)C1O)C(O)/C=C/CC/C=C/CCCCCCCCCC. The summed E-state index contributed by atoms with van der Waals surface area (Å²) in [6.07, 6.45) is 29.1. The number of hydrogen-bond donors (Lipinski definition) is 12. The summed E-state index contributed by atoms with van der Waals surface area (Å²) in [6.45, 7) is 1.68. The fraction of sp³-hybridized carbons (Fsp3) is 0.831. The van der Waals surface area contributed by atoms with E-state index in [0.29, 0.717) is 12.8 Å². The Morgan fingerprint density at radius 1 is 0.429 bits per heavy atom. The van der Waals surface area contributed by atoms with Crippen LogP contribution in [0.3, 0.4) is 0 Å². The van der Waals surface area contributed by atoms with Gasteiger partial charge in [0.1, 0.15) is 73.2 Å². The van der Waals surface area contributed by atoms with Gasteiger partial charge in [-0.1, -0.05) is 197 Å². The van der Waals surface area contributed by atoms with Crippen molar-refractivity contribution < 1.29 is 89.4 Å². The van der Waals surface area contributed by atoms with Crippen molar-refractivity contribution in [3.63, 3.8) is 0 Å². The number of aliphatic hydroxyl groups excluding tert-OH is 11. The molecule has 0 spiro atoms. The van der Waals surface area contributed by atoms with Crippen molar-refractivity contribution in [2.45, 2.75) is 317 Å². The van der Waals surface area contributed by atoms with E-state index in [1.54, 1.807) is 6.08 Å². The second-order valence-corrected chi connectivity index (χ2v) is 23.2. The van der Waals surface area contributed by atoms with E-state index < -0.39 is 124 Å². The maximum atomic E-state index is 13.4. The molecule has 3 saturated heterocycles. The summed E-state index contributed by atoms with van der Waals surface area (Å²) in [5, 5.41) is 120. The maximum Gasteiger partial charge on any atom is 0.220 e. The molecule has 3 heterocycles. The van der Waals surface area contributed by atoms with E-state index in [4.69, 9.17) is 28.4 Å². The normalized spacial score (nSPS) is 29.6. The molecular weight excluding hydrogens is 1080 g/mol. The van der Waals surface area contributed by atoms with Crippen LogP contribution in [0.2, 0.25) is 0 Å². The highest BCUT2D eigenvalue weighted by Gasteiger charge is 2.53. The molecule has 3 rings (SSSR count). The van der Waals surface area contributed by atoms with Gasteiger partial charge in [0.2, 0.25) is 5.91 Å². The number of allylic oxidation sites excluding steroid dienone is 9. The summed E-state index contributed by atoms with van der Waals surface area (Å²) in [6, 6.07) is -0.994. The van der Waals surface area contributed by atoms with Crippen molar-refractivity contribution in [3.05, 3.63) is 60.8 Å². The van der Waals surface area contributed by atoms with E-state index in [0.717, 1.165) is 64.2 Å². The number of ether oxygens (including phenoxy) is 6. The summed E-state index contributed by atoms with van der Waals surface area (Å²) in [7, 11) is 0. The van der Waals surface area contributed by atoms with E-state index in [1.165, 1.54) is 116 Å². The van der Waals surface area contributed by atoms with Gasteiger partial charge in [-0.2, -0.15) is 0 Å². The maximum absolute atomic E-state index is 13.4. The lowest BCUT2D eigenvalue weighted by Gasteiger charge is -2.48. The molecule has 19 nitrogen and oxygen atoms in total. The highest BCUT2D eigenvalue weighted by Crippen LogP contribution is 2.33. The number of unbranched alkanes of at least 4 members (excludes halogenated alkanes) is 24. The fourth-order valence-electron chi connectivity index (χ4n) is 10.7. The first-order valence-electron chi connectivity index (χ1n) is 32.5. The number of carbonyl (C=O) groups is 1. The van der Waals surface area contributed by atoms with Crippen LogP contribution in [0.1, 0.15) is 213 Å². The first-order chi connectivity index (χ1) is 40.8. The predicted octanol–water partition coefficient (Wildman–Crippen LogP) is 7.21. The first-order valence-corrected chi connectivity index (χ1v) is 32.5. The van der Waals surface area contributed by atoms with Gasteiger partial charge in [-0.3, -0.25) is 4.79 Å². The first kappa shape index (κ1) is 75.7. The lowest BCUT2D eigenvalue weighted by atomic mass is 9.96. The molecule has 84 heavy (non-hydrogen) atoms. The van der Waals surface area contributed by atoms with Gasteiger partial charge in [0.15, 0.2) is 18.9 Å². The lowest BCUT2D eigenvalue weighted by molar-refractivity contribution is -0.379. The van der Waals surface area contributed by atoms with Gasteiger partial charge in [-0.25, -0.2) is 0 Å². The summed E-state index contributed by atoms with van der Waals surface area (Å²) < 4.78 is 34.3. The molecule has 12 N–H and O–H groups in total. The van der Waals surface area contributed by atoms with Gasteiger partial charge in [0.05, 0.1) is 38.6 Å². The van der Waals surface area contributed by atoms with Crippen molar-refractivity contribution in [2.24, 2.45) is 0 Å². The van der Waals surface area contributed by atoms with Crippen LogP contribution < -0.4 is 5.32 Å². The molecule has 3 aliphatic heterocycles. The van der Waals surface area contributed by atoms with Crippen LogP contribution in [0.15, 0.2) is 60.8 Å². The summed E-state index contributed by atoms with van der Waals surface area (Å²) in [5.41, 5.74) is 0. The second-order valence-electron chi connectivity index (χ2n) is 23.2. The summed E-state index contributed by atoms with van der Waals surface area (Å²) in [4.78, 5) is 13.4. The smallest absolute Gasteiger partial charge is 0.220 e. The van der Waals surface area contributed by atoms with Crippen LogP contribution in [0, 0.1) is 0 Å². The predicted molar refractivity (Wildman–Crippen MR) is 323 cm³/mol. The quantitative estimate of drug-likeness (QED) is 0.0211. The molecule has 0 aromatic rings. The lowest BCUT2D eigenvalue weighted by Crippen LogP contribution is -2.66. The van der Waals surface area contributed by atoms with Crippen LogP contribution in [0.5, 0.6) is 0 Å². The van der Waals surface area contributed by atoms with Crippen LogP contribution in [0.4, 0.5) is 0 Å². The molecule has 17 atom stereocenters. The molecule has 3 fully saturated rings. The minimum absolute atomic E-state index is 0.229. The zero-order chi connectivity index (χ0) is 61.2. The van der Waals surface area contributed by atoms with Crippen molar-refractivity contribution in [1.29, 1.82) is 0 Å². The third-order valence-electron chi connectivity index (χ3n) is 16.0. The number of rotatable bonds is 48. The molecule has 17 unspecified atom stereocenters. The number of amides is 1. The number of aliphatic hydroxyl groups is 11. The van der Waals surface area contributed by atoms with E-state index in [-0.39, 0.29) is 18.9 Å². The monoisotopic (exact) mass is 1200 g/mol. The summed E-state index contributed by atoms with van der Waals surface area (Å²) in [5.74, 6) is -0.292. The van der Waals surface area contributed by atoms with E-state index in [9.17, 15) is 61.0 Å². The number of carbonyl (C=O) groups excluding carboxylic acids is 1. The average molecular weight is 1200 g/mol. The minimum atomic E-state index is -1.98. The van der Waals surface area contributed by atoms with Crippen LogP contribution >= 0.6 is 0 Å². The Balaban J connectivity index is 1.45. The molecule has 3 aliphatic rings. The van der Waals surface area contributed by atoms with Crippen LogP contribution in [0.25, 0.3) is 0 Å². The third-order valence-corrected chi connectivity index (χ3v) is 16.0. The van der Waals surface area contributed by atoms with Gasteiger partial charge in [-0.05, 0) is 70.6 Å².